The molecule has 0 radical (unpaired) electrons. The van der Waals surface area contributed by atoms with Crippen molar-refractivity contribution in [3.05, 3.63) is 276 Å². The van der Waals surface area contributed by atoms with Crippen LogP contribution in [-0.2, 0) is 10.8 Å². The van der Waals surface area contributed by atoms with Gasteiger partial charge in [0.05, 0.1) is 22.1 Å². The van der Waals surface area contributed by atoms with E-state index < -0.39 is 5.41 Å². The van der Waals surface area contributed by atoms with Crippen molar-refractivity contribution in [3.63, 3.8) is 0 Å². The van der Waals surface area contributed by atoms with E-state index in [2.05, 4.69) is 266 Å². The summed E-state index contributed by atoms with van der Waals surface area (Å²) in [6, 6.07) is 90.2. The first-order valence-electron chi connectivity index (χ1n) is 25.5. The average molecular weight is 931 g/mol. The van der Waals surface area contributed by atoms with Crippen LogP contribution < -0.4 is 4.90 Å². The quantitative estimate of drug-likeness (QED) is 0.171. The van der Waals surface area contributed by atoms with Gasteiger partial charge in [0.25, 0.3) is 0 Å². The minimum atomic E-state index is -0.478. The van der Waals surface area contributed by atoms with Crippen LogP contribution >= 0.6 is 0 Å². The molecular weight excluding hydrogens is 885 g/mol. The summed E-state index contributed by atoms with van der Waals surface area (Å²) in [6.07, 6.45) is 0. The van der Waals surface area contributed by atoms with Crippen molar-refractivity contribution < 1.29 is 4.42 Å². The molecule has 0 aliphatic heterocycles. The lowest BCUT2D eigenvalue weighted by molar-refractivity contribution is 0.660. The third-order valence-electron chi connectivity index (χ3n) is 16.8. The van der Waals surface area contributed by atoms with Gasteiger partial charge < -0.3 is 13.9 Å². The van der Waals surface area contributed by atoms with Crippen LogP contribution in [0.15, 0.2) is 247 Å². The number of hydrogen-bond donors (Lipinski definition) is 0. The first-order chi connectivity index (χ1) is 36.0. The van der Waals surface area contributed by atoms with E-state index in [1.165, 1.54) is 94.2 Å². The molecule has 1 spiro atoms. The number of furan rings is 1. The van der Waals surface area contributed by atoms with E-state index >= 15 is 0 Å². The number of anilines is 3. The van der Waals surface area contributed by atoms with Gasteiger partial charge in [-0.1, -0.05) is 196 Å². The van der Waals surface area contributed by atoms with Gasteiger partial charge in [0.1, 0.15) is 5.58 Å². The molecule has 0 saturated carbocycles. The largest absolute Gasteiger partial charge is 0.454 e. The molecule has 3 aliphatic rings. The number of para-hydroxylation sites is 2. The van der Waals surface area contributed by atoms with E-state index in [1.54, 1.807) is 0 Å². The molecule has 3 nitrogen and oxygen atoms in total. The summed E-state index contributed by atoms with van der Waals surface area (Å²) in [7, 11) is 0. The minimum Gasteiger partial charge on any atom is -0.454 e. The van der Waals surface area contributed by atoms with Crippen molar-refractivity contribution in [2.45, 2.75) is 24.7 Å². The Morgan fingerprint density at radius 2 is 0.945 bits per heavy atom. The lowest BCUT2D eigenvalue weighted by Crippen LogP contribution is -2.25. The predicted molar refractivity (Wildman–Crippen MR) is 302 cm³/mol. The lowest BCUT2D eigenvalue weighted by Gasteiger charge is -2.30. The molecule has 16 rings (SSSR count). The maximum Gasteiger partial charge on any atom is 0.159 e. The fourth-order valence-electron chi connectivity index (χ4n) is 13.7. The highest BCUT2D eigenvalue weighted by molar-refractivity contribution is 6.20. The van der Waals surface area contributed by atoms with E-state index in [0.717, 1.165) is 50.2 Å². The smallest absolute Gasteiger partial charge is 0.159 e. The Balaban J connectivity index is 1.01. The molecule has 2 aromatic heterocycles. The van der Waals surface area contributed by atoms with Crippen LogP contribution in [0, 0.1) is 0 Å². The monoisotopic (exact) mass is 930 g/mol. The van der Waals surface area contributed by atoms with E-state index in [9.17, 15) is 0 Å². The van der Waals surface area contributed by atoms with Crippen molar-refractivity contribution in [2.75, 3.05) is 4.90 Å². The second-order valence-corrected chi connectivity index (χ2v) is 20.7. The highest BCUT2D eigenvalue weighted by Gasteiger charge is 2.52. The summed E-state index contributed by atoms with van der Waals surface area (Å²) in [5, 5.41) is 4.65. The third kappa shape index (κ3) is 5.33. The lowest BCUT2D eigenvalue weighted by atomic mass is 9.70. The molecular formula is C70H46N2O. The zero-order chi connectivity index (χ0) is 48.2. The van der Waals surface area contributed by atoms with Gasteiger partial charge in [0.2, 0.25) is 0 Å². The van der Waals surface area contributed by atoms with Crippen molar-refractivity contribution in [3.8, 4) is 50.2 Å². The SMILES string of the molecule is CC1(C)c2ccccc2-c2ccc(N(c3ccc4c(c3)c3c5c(ccc3n4-c3ccc(-c4ccccc4)cc3)C3(c4ccccc4-c4ccccc43)c3ccccc3-5)c3cccc4c3oc3ccccc34)cc21. The second-order valence-electron chi connectivity index (χ2n) is 20.7. The molecule has 11 aromatic carbocycles. The number of nitrogens with zero attached hydrogens (tertiary/aromatic N) is 2. The van der Waals surface area contributed by atoms with Gasteiger partial charge >= 0.3 is 0 Å². The number of rotatable bonds is 5. The summed E-state index contributed by atoms with van der Waals surface area (Å²) in [5.74, 6) is 0. The first kappa shape index (κ1) is 40.5. The number of hydrogen-bond acceptors (Lipinski definition) is 2. The molecule has 0 unspecified atom stereocenters. The standard InChI is InChI=1S/C70H46N2O/c1-69(2)56-25-11-6-19-48(56)51-37-35-47(42-61(51)69)71(64-29-16-24-53-52-22-10-15-30-65(52)73-68(53)64)46-36-39-62-55(41-46)67-63(72(62)45-33-31-44(32-34-45)43-17-4-3-5-18-43)40-38-60-66(67)54-23-9-14-28-59(54)70(60)57-26-12-7-20-49(57)50-21-8-13-27-58(50)70/h3-42H,1-2H3. The fraction of sp³-hybridized carbons (Fsp3) is 0.0571. The minimum absolute atomic E-state index is 0.187. The van der Waals surface area contributed by atoms with Crippen LogP contribution in [0.25, 0.3) is 93.9 Å². The molecule has 0 N–H and O–H groups in total. The van der Waals surface area contributed by atoms with Crippen molar-refractivity contribution in [2.24, 2.45) is 0 Å². The van der Waals surface area contributed by atoms with Gasteiger partial charge in [-0.3, -0.25) is 0 Å². The van der Waals surface area contributed by atoms with Crippen molar-refractivity contribution >= 4 is 60.8 Å². The molecule has 342 valence electrons. The summed E-state index contributed by atoms with van der Waals surface area (Å²) in [6.45, 7) is 4.73. The summed E-state index contributed by atoms with van der Waals surface area (Å²) in [5.41, 5.74) is 25.9. The maximum absolute atomic E-state index is 6.92. The molecule has 0 amide bonds. The Morgan fingerprint density at radius 1 is 0.384 bits per heavy atom. The van der Waals surface area contributed by atoms with Gasteiger partial charge in [0, 0.05) is 44.0 Å². The topological polar surface area (TPSA) is 21.3 Å². The molecule has 0 fully saturated rings. The molecule has 0 saturated heterocycles. The normalized spacial score (nSPS) is 14.1. The van der Waals surface area contributed by atoms with E-state index in [4.69, 9.17) is 4.42 Å². The van der Waals surface area contributed by atoms with E-state index in [0.29, 0.717) is 0 Å². The van der Waals surface area contributed by atoms with Gasteiger partial charge in [-0.05, 0) is 139 Å². The maximum atomic E-state index is 6.92. The first-order valence-corrected chi connectivity index (χ1v) is 25.5. The summed E-state index contributed by atoms with van der Waals surface area (Å²) >= 11 is 0. The van der Waals surface area contributed by atoms with Crippen LogP contribution in [0.1, 0.15) is 47.2 Å². The molecule has 0 bridgehead atoms. The van der Waals surface area contributed by atoms with Gasteiger partial charge in [-0.15, -0.1) is 0 Å². The van der Waals surface area contributed by atoms with Gasteiger partial charge in [-0.25, -0.2) is 0 Å². The number of benzene rings is 11. The molecule has 73 heavy (non-hydrogen) atoms. The third-order valence-corrected chi connectivity index (χ3v) is 16.8. The van der Waals surface area contributed by atoms with E-state index in [-0.39, 0.29) is 5.41 Å². The molecule has 13 aromatic rings. The Bertz CT molecular complexity index is 4430. The average Bonchev–Trinajstić information content (AvgIpc) is 4.23. The molecule has 3 heteroatoms. The van der Waals surface area contributed by atoms with Gasteiger partial charge in [0.15, 0.2) is 5.58 Å². The number of fused-ring (bicyclic) bond motifs is 20. The Hall–Kier alpha value is -9.18. The van der Waals surface area contributed by atoms with Crippen molar-refractivity contribution in [1.82, 2.24) is 4.57 Å². The van der Waals surface area contributed by atoms with Crippen LogP contribution in [0.4, 0.5) is 17.1 Å². The summed E-state index contributed by atoms with van der Waals surface area (Å²) in [4.78, 5) is 2.45. The Labute approximate surface area is 423 Å². The molecule has 3 aliphatic carbocycles. The van der Waals surface area contributed by atoms with E-state index in [1.807, 2.05) is 0 Å². The molecule has 2 heterocycles. The van der Waals surface area contributed by atoms with Crippen molar-refractivity contribution in [1.29, 1.82) is 0 Å². The highest BCUT2D eigenvalue weighted by Crippen LogP contribution is 2.64. The summed E-state index contributed by atoms with van der Waals surface area (Å²) < 4.78 is 9.41. The number of aromatic nitrogens is 1. The molecule has 0 atom stereocenters. The second kappa shape index (κ2) is 14.7. The predicted octanol–water partition coefficient (Wildman–Crippen LogP) is 18.5. The fourth-order valence-corrected chi connectivity index (χ4v) is 13.7. The Kier molecular flexibility index (Phi) is 8.16. The van der Waals surface area contributed by atoms with Crippen LogP contribution in [0.3, 0.4) is 0 Å². The Morgan fingerprint density at radius 3 is 1.70 bits per heavy atom. The van der Waals surface area contributed by atoms with Gasteiger partial charge in [-0.2, -0.15) is 0 Å². The van der Waals surface area contributed by atoms with Crippen LogP contribution in [-0.4, -0.2) is 4.57 Å². The zero-order valence-electron chi connectivity index (χ0n) is 40.4. The highest BCUT2D eigenvalue weighted by atomic mass is 16.3. The van der Waals surface area contributed by atoms with Crippen LogP contribution in [0.5, 0.6) is 0 Å². The zero-order valence-corrected chi connectivity index (χ0v) is 40.4. The van der Waals surface area contributed by atoms with Crippen LogP contribution in [0.2, 0.25) is 0 Å².